The van der Waals surface area contributed by atoms with E-state index in [1.807, 2.05) is 20.8 Å². The van der Waals surface area contributed by atoms with Crippen LogP contribution >= 0.6 is 0 Å². The van der Waals surface area contributed by atoms with Gasteiger partial charge in [0.25, 0.3) is 5.56 Å². The number of anilines is 1. The summed E-state index contributed by atoms with van der Waals surface area (Å²) in [5.41, 5.74) is 5.42. The lowest BCUT2D eigenvalue weighted by atomic mass is 9.97. The Morgan fingerprint density at radius 2 is 2.06 bits per heavy atom. The molecule has 1 aromatic heterocycles. The van der Waals surface area contributed by atoms with Crippen LogP contribution in [-0.4, -0.2) is 21.1 Å². The molecule has 0 spiro atoms. The lowest BCUT2D eigenvalue weighted by molar-refractivity contribution is 0.464. The van der Waals surface area contributed by atoms with Gasteiger partial charge in [-0.3, -0.25) is 4.79 Å². The highest BCUT2D eigenvalue weighted by Gasteiger charge is 2.24. The molecule has 1 rings (SSSR count). The van der Waals surface area contributed by atoms with Gasteiger partial charge in [-0.1, -0.05) is 13.8 Å². The van der Waals surface area contributed by atoms with E-state index in [1.54, 1.807) is 17.0 Å². The Bertz CT molecular complexity index is 449. The first-order valence-corrected chi connectivity index (χ1v) is 6.33. The molecule has 0 amide bonds. The van der Waals surface area contributed by atoms with Crippen LogP contribution in [-0.2, 0) is 6.54 Å². The van der Waals surface area contributed by atoms with E-state index in [2.05, 4.69) is 24.1 Å². The number of hydrogen-bond acceptors (Lipinski definition) is 4. The van der Waals surface area contributed by atoms with E-state index in [1.165, 1.54) is 0 Å². The molecule has 1 aromatic rings. The number of nitrogens with one attached hydrogen (secondary N) is 1. The average molecular weight is 252 g/mol. The van der Waals surface area contributed by atoms with Gasteiger partial charge < -0.3 is 15.6 Å². The van der Waals surface area contributed by atoms with Crippen molar-refractivity contribution in [2.24, 2.45) is 11.7 Å². The van der Waals surface area contributed by atoms with Crippen LogP contribution in [0.1, 0.15) is 34.6 Å². The summed E-state index contributed by atoms with van der Waals surface area (Å²) in [7, 11) is 0. The van der Waals surface area contributed by atoms with Crippen molar-refractivity contribution >= 4 is 5.82 Å². The molecule has 1 atom stereocenters. The SMILES string of the molecule is CC(C)Cn1ccnc(NC(C)(C)C(C)N)c1=O. The molecule has 5 heteroatoms. The van der Waals surface area contributed by atoms with Crippen molar-refractivity contribution in [1.82, 2.24) is 9.55 Å². The van der Waals surface area contributed by atoms with Crippen molar-refractivity contribution in [2.45, 2.75) is 52.7 Å². The third-order valence-electron chi connectivity index (χ3n) is 3.05. The van der Waals surface area contributed by atoms with E-state index in [0.717, 1.165) is 0 Å². The van der Waals surface area contributed by atoms with Crippen molar-refractivity contribution in [3.63, 3.8) is 0 Å². The van der Waals surface area contributed by atoms with E-state index >= 15 is 0 Å². The van der Waals surface area contributed by atoms with Gasteiger partial charge >= 0.3 is 0 Å². The standard InChI is InChI=1S/C13H24N4O/c1-9(2)8-17-7-6-15-11(12(17)18)16-13(4,5)10(3)14/h6-7,9-10H,8,14H2,1-5H3,(H,15,16). The predicted octanol–water partition coefficient (Wildman–Crippen LogP) is 1.44. The smallest absolute Gasteiger partial charge is 0.293 e. The summed E-state index contributed by atoms with van der Waals surface area (Å²) in [6, 6.07) is -0.0857. The van der Waals surface area contributed by atoms with Gasteiger partial charge in [0.2, 0.25) is 0 Å². The lowest BCUT2D eigenvalue weighted by Gasteiger charge is -2.30. The molecule has 0 fully saturated rings. The van der Waals surface area contributed by atoms with Gasteiger partial charge in [0.1, 0.15) is 0 Å². The van der Waals surface area contributed by atoms with Gasteiger partial charge in [0.05, 0.1) is 0 Å². The molecule has 0 aromatic carbocycles. The van der Waals surface area contributed by atoms with E-state index in [4.69, 9.17) is 5.73 Å². The van der Waals surface area contributed by atoms with Crippen LogP contribution in [0.3, 0.4) is 0 Å². The van der Waals surface area contributed by atoms with Gasteiger partial charge in [0, 0.05) is 30.5 Å². The fourth-order valence-electron chi connectivity index (χ4n) is 1.49. The molecule has 0 bridgehead atoms. The van der Waals surface area contributed by atoms with E-state index in [-0.39, 0.29) is 17.1 Å². The highest BCUT2D eigenvalue weighted by atomic mass is 16.1. The van der Waals surface area contributed by atoms with Crippen molar-refractivity contribution in [1.29, 1.82) is 0 Å². The minimum atomic E-state index is -0.372. The van der Waals surface area contributed by atoms with Gasteiger partial charge in [-0.05, 0) is 26.7 Å². The molecule has 18 heavy (non-hydrogen) atoms. The molecule has 1 heterocycles. The van der Waals surface area contributed by atoms with Crippen LogP contribution in [0.5, 0.6) is 0 Å². The van der Waals surface area contributed by atoms with Gasteiger partial charge in [-0.15, -0.1) is 0 Å². The van der Waals surface area contributed by atoms with Gasteiger partial charge in [0.15, 0.2) is 5.82 Å². The van der Waals surface area contributed by atoms with E-state index < -0.39 is 0 Å². The Kier molecular flexibility index (Phi) is 4.51. The zero-order valence-corrected chi connectivity index (χ0v) is 11.9. The van der Waals surface area contributed by atoms with E-state index in [9.17, 15) is 4.79 Å². The third kappa shape index (κ3) is 3.57. The molecule has 0 radical (unpaired) electrons. The molecule has 1 unspecified atom stereocenters. The number of nitrogens with zero attached hydrogens (tertiary/aromatic N) is 2. The van der Waals surface area contributed by atoms with Crippen molar-refractivity contribution in [2.75, 3.05) is 5.32 Å². The van der Waals surface area contributed by atoms with Crippen LogP contribution in [0, 0.1) is 5.92 Å². The van der Waals surface area contributed by atoms with Gasteiger partial charge in [-0.2, -0.15) is 0 Å². The first-order valence-electron chi connectivity index (χ1n) is 6.33. The van der Waals surface area contributed by atoms with Crippen molar-refractivity contribution in [3.05, 3.63) is 22.7 Å². The molecule has 0 saturated heterocycles. The molecule has 0 aliphatic carbocycles. The Labute approximate surface area is 108 Å². The summed E-state index contributed by atoms with van der Waals surface area (Å²) in [5, 5.41) is 3.13. The van der Waals surface area contributed by atoms with Crippen LogP contribution in [0.25, 0.3) is 0 Å². The maximum atomic E-state index is 12.2. The number of aromatic nitrogens is 2. The fraction of sp³-hybridized carbons (Fsp3) is 0.692. The minimum Gasteiger partial charge on any atom is -0.359 e. The Morgan fingerprint density at radius 1 is 1.44 bits per heavy atom. The van der Waals surface area contributed by atoms with Gasteiger partial charge in [-0.25, -0.2) is 4.98 Å². The summed E-state index contributed by atoms with van der Waals surface area (Å²) in [4.78, 5) is 16.3. The zero-order chi connectivity index (χ0) is 13.9. The predicted molar refractivity (Wildman–Crippen MR) is 74.7 cm³/mol. The lowest BCUT2D eigenvalue weighted by Crippen LogP contribution is -2.48. The minimum absolute atomic E-state index is 0.0857. The first kappa shape index (κ1) is 14.7. The fourth-order valence-corrected chi connectivity index (χ4v) is 1.49. The molecular formula is C13H24N4O. The summed E-state index contributed by atoms with van der Waals surface area (Å²) in [6.07, 6.45) is 3.36. The second-order valence-corrected chi connectivity index (χ2v) is 5.76. The second-order valence-electron chi connectivity index (χ2n) is 5.76. The maximum Gasteiger partial charge on any atom is 0.293 e. The monoisotopic (exact) mass is 252 g/mol. The second kappa shape index (κ2) is 5.52. The van der Waals surface area contributed by atoms with Crippen LogP contribution < -0.4 is 16.6 Å². The number of hydrogen-bond donors (Lipinski definition) is 2. The molecule has 102 valence electrons. The number of rotatable bonds is 5. The molecule has 0 saturated carbocycles. The first-order chi connectivity index (χ1) is 8.24. The topological polar surface area (TPSA) is 72.9 Å². The summed E-state index contributed by atoms with van der Waals surface area (Å²) in [6.45, 7) is 10.7. The summed E-state index contributed by atoms with van der Waals surface area (Å²) in [5.74, 6) is 0.778. The highest BCUT2D eigenvalue weighted by molar-refractivity contribution is 5.35. The van der Waals surface area contributed by atoms with Crippen molar-refractivity contribution in [3.8, 4) is 0 Å². The average Bonchev–Trinajstić information content (AvgIpc) is 2.23. The third-order valence-corrected chi connectivity index (χ3v) is 3.05. The molecule has 0 aliphatic rings. The van der Waals surface area contributed by atoms with Crippen LogP contribution in [0.4, 0.5) is 5.82 Å². The van der Waals surface area contributed by atoms with Crippen LogP contribution in [0.15, 0.2) is 17.2 Å². The summed E-state index contributed by atoms with van der Waals surface area (Å²) < 4.78 is 1.68. The Morgan fingerprint density at radius 3 is 2.56 bits per heavy atom. The van der Waals surface area contributed by atoms with Crippen LogP contribution in [0.2, 0.25) is 0 Å². The van der Waals surface area contributed by atoms with E-state index in [0.29, 0.717) is 18.3 Å². The molecule has 0 aliphatic heterocycles. The largest absolute Gasteiger partial charge is 0.359 e. The number of nitrogens with two attached hydrogens (primary N) is 1. The normalized spacial score (nSPS) is 13.7. The molecular weight excluding hydrogens is 228 g/mol. The maximum absolute atomic E-state index is 12.2. The highest BCUT2D eigenvalue weighted by Crippen LogP contribution is 2.12. The molecule has 3 N–H and O–H groups in total. The van der Waals surface area contributed by atoms with Crippen molar-refractivity contribution < 1.29 is 0 Å². The summed E-state index contributed by atoms with van der Waals surface area (Å²) >= 11 is 0. The zero-order valence-electron chi connectivity index (χ0n) is 11.9. The molecule has 5 nitrogen and oxygen atoms in total. The Balaban J connectivity index is 3.01. The quantitative estimate of drug-likeness (QED) is 0.831. The Hall–Kier alpha value is -1.36.